The Morgan fingerprint density at radius 3 is 3.00 bits per heavy atom. The third kappa shape index (κ3) is 2.32. The van der Waals surface area contributed by atoms with E-state index in [0.29, 0.717) is 5.82 Å². The molecule has 5 heteroatoms. The zero-order valence-corrected chi connectivity index (χ0v) is 9.05. The van der Waals surface area contributed by atoms with Gasteiger partial charge in [0.25, 0.3) is 0 Å². The van der Waals surface area contributed by atoms with Crippen LogP contribution in [0.25, 0.3) is 0 Å². The Bertz CT molecular complexity index is 441. The molecule has 5 nitrogen and oxygen atoms in total. The van der Waals surface area contributed by atoms with Gasteiger partial charge in [-0.25, -0.2) is 10.8 Å². The number of rotatable bonds is 4. The Morgan fingerprint density at radius 2 is 2.31 bits per heavy atom. The summed E-state index contributed by atoms with van der Waals surface area (Å²) in [4.78, 5) is 6.35. The van der Waals surface area contributed by atoms with Crippen LogP contribution >= 0.6 is 0 Å². The second kappa shape index (κ2) is 4.67. The van der Waals surface area contributed by atoms with Crippen LogP contribution in [0.2, 0.25) is 0 Å². The van der Waals surface area contributed by atoms with Crippen molar-refractivity contribution >= 4 is 11.6 Å². The highest BCUT2D eigenvalue weighted by Crippen LogP contribution is 2.15. The lowest BCUT2D eigenvalue weighted by Gasteiger charge is -2.17. The molecule has 0 fully saturated rings. The van der Waals surface area contributed by atoms with E-state index in [2.05, 4.69) is 10.4 Å². The van der Waals surface area contributed by atoms with Gasteiger partial charge in [-0.2, -0.15) is 0 Å². The van der Waals surface area contributed by atoms with Crippen LogP contribution in [0.15, 0.2) is 41.2 Å². The number of aromatic nitrogens is 1. The van der Waals surface area contributed by atoms with Gasteiger partial charge < -0.3 is 14.7 Å². The van der Waals surface area contributed by atoms with Gasteiger partial charge in [0.05, 0.1) is 12.5 Å². The number of hydrazine groups is 1. The van der Waals surface area contributed by atoms with Crippen LogP contribution in [0.1, 0.15) is 5.56 Å². The molecule has 2 rings (SSSR count). The Morgan fingerprint density at radius 1 is 1.44 bits per heavy atom. The molecule has 0 aliphatic rings. The second-order valence-corrected chi connectivity index (χ2v) is 3.51. The lowest BCUT2D eigenvalue weighted by molar-refractivity contribution is 0.563. The number of pyridine rings is 1. The third-order valence-corrected chi connectivity index (χ3v) is 2.27. The number of hydrogen-bond acceptors (Lipinski definition) is 5. The molecule has 0 aromatic carbocycles. The van der Waals surface area contributed by atoms with E-state index in [1.807, 2.05) is 36.2 Å². The summed E-state index contributed by atoms with van der Waals surface area (Å²) >= 11 is 0. The Balaban J connectivity index is 2.11. The molecule has 0 saturated carbocycles. The zero-order valence-electron chi connectivity index (χ0n) is 9.05. The summed E-state index contributed by atoms with van der Waals surface area (Å²) in [7, 11) is 1.97. The summed E-state index contributed by atoms with van der Waals surface area (Å²) in [6, 6.07) is 7.58. The first-order valence-corrected chi connectivity index (χ1v) is 4.95. The van der Waals surface area contributed by atoms with Crippen LogP contribution in [0.4, 0.5) is 11.6 Å². The number of nitrogens with zero attached hydrogens (tertiary/aromatic N) is 2. The van der Waals surface area contributed by atoms with E-state index in [1.165, 1.54) is 0 Å². The largest absolute Gasteiger partial charge is 0.472 e. The first-order chi connectivity index (χ1) is 7.79. The molecule has 0 aliphatic heterocycles. The second-order valence-electron chi connectivity index (χ2n) is 3.51. The van der Waals surface area contributed by atoms with Crippen molar-refractivity contribution in [2.45, 2.75) is 6.54 Å². The number of nitrogens with two attached hydrogens (primary N) is 1. The molecule has 84 valence electrons. The van der Waals surface area contributed by atoms with Gasteiger partial charge in [-0.05, 0) is 18.2 Å². The highest BCUT2D eigenvalue weighted by Gasteiger charge is 2.04. The topological polar surface area (TPSA) is 67.3 Å². The summed E-state index contributed by atoms with van der Waals surface area (Å²) in [6.45, 7) is 0.748. The van der Waals surface area contributed by atoms with Gasteiger partial charge in [-0.1, -0.05) is 6.07 Å². The first kappa shape index (κ1) is 10.5. The minimum absolute atomic E-state index is 0.650. The van der Waals surface area contributed by atoms with Gasteiger partial charge in [0, 0.05) is 19.2 Å². The predicted octanol–water partition coefficient (Wildman–Crippen LogP) is 1.60. The van der Waals surface area contributed by atoms with Gasteiger partial charge in [-0.3, -0.25) is 0 Å². The summed E-state index contributed by atoms with van der Waals surface area (Å²) in [5.41, 5.74) is 3.63. The van der Waals surface area contributed by atoms with Crippen molar-refractivity contribution < 1.29 is 4.42 Å². The SMILES string of the molecule is CN(Cc1ccoc1)c1cccc(NN)n1. The fourth-order valence-corrected chi connectivity index (χ4v) is 1.45. The lowest BCUT2D eigenvalue weighted by atomic mass is 10.3. The van der Waals surface area contributed by atoms with Gasteiger partial charge in [-0.15, -0.1) is 0 Å². The van der Waals surface area contributed by atoms with Crippen molar-refractivity contribution in [2.24, 2.45) is 5.84 Å². The normalized spacial score (nSPS) is 10.1. The summed E-state index contributed by atoms with van der Waals surface area (Å²) in [6.07, 6.45) is 3.38. The molecule has 0 saturated heterocycles. The van der Waals surface area contributed by atoms with Crippen LogP contribution in [-0.4, -0.2) is 12.0 Å². The quantitative estimate of drug-likeness (QED) is 0.602. The maximum Gasteiger partial charge on any atom is 0.142 e. The summed E-state index contributed by atoms with van der Waals surface area (Å²) in [5, 5.41) is 0. The van der Waals surface area contributed by atoms with E-state index in [9.17, 15) is 0 Å². The number of hydrogen-bond donors (Lipinski definition) is 2. The van der Waals surface area contributed by atoms with Crippen LogP contribution in [-0.2, 0) is 6.54 Å². The van der Waals surface area contributed by atoms with E-state index in [1.54, 1.807) is 12.5 Å². The van der Waals surface area contributed by atoms with Crippen molar-refractivity contribution in [3.63, 3.8) is 0 Å². The van der Waals surface area contributed by atoms with Gasteiger partial charge in [0.15, 0.2) is 0 Å². The fraction of sp³-hybridized carbons (Fsp3) is 0.182. The number of nitrogen functional groups attached to an aromatic ring is 1. The first-order valence-electron chi connectivity index (χ1n) is 4.95. The molecule has 2 heterocycles. The Labute approximate surface area is 93.9 Å². The fourth-order valence-electron chi connectivity index (χ4n) is 1.45. The molecule has 0 spiro atoms. The molecule has 0 bridgehead atoms. The Kier molecular flexibility index (Phi) is 3.07. The summed E-state index contributed by atoms with van der Waals surface area (Å²) in [5.74, 6) is 6.82. The van der Waals surface area contributed by atoms with Crippen LogP contribution in [0.5, 0.6) is 0 Å². The number of nitrogens with one attached hydrogen (secondary N) is 1. The molecule has 2 aromatic heterocycles. The van der Waals surface area contributed by atoms with E-state index in [-0.39, 0.29) is 0 Å². The van der Waals surface area contributed by atoms with E-state index in [0.717, 1.165) is 17.9 Å². The average molecular weight is 218 g/mol. The molecule has 3 N–H and O–H groups in total. The third-order valence-electron chi connectivity index (χ3n) is 2.27. The Hall–Kier alpha value is -2.01. The molecule has 2 aromatic rings. The van der Waals surface area contributed by atoms with Crippen molar-refractivity contribution in [1.82, 2.24) is 4.98 Å². The lowest BCUT2D eigenvalue weighted by Crippen LogP contribution is -2.18. The number of furan rings is 1. The highest BCUT2D eigenvalue weighted by atomic mass is 16.3. The molecule has 0 aliphatic carbocycles. The van der Waals surface area contributed by atoms with Gasteiger partial charge >= 0.3 is 0 Å². The molecule has 0 unspecified atom stereocenters. The highest BCUT2D eigenvalue weighted by molar-refractivity contribution is 5.46. The molecule has 0 atom stereocenters. The summed E-state index contributed by atoms with van der Waals surface area (Å²) < 4.78 is 5.02. The monoisotopic (exact) mass is 218 g/mol. The molecule has 0 amide bonds. The van der Waals surface area contributed by atoms with E-state index < -0.39 is 0 Å². The predicted molar refractivity (Wildman–Crippen MR) is 62.9 cm³/mol. The minimum Gasteiger partial charge on any atom is -0.472 e. The molecular weight excluding hydrogens is 204 g/mol. The van der Waals surface area contributed by atoms with Gasteiger partial charge in [0.1, 0.15) is 11.6 Å². The molecular formula is C11H14N4O. The maximum atomic E-state index is 5.31. The van der Waals surface area contributed by atoms with Crippen LogP contribution in [0, 0.1) is 0 Å². The smallest absolute Gasteiger partial charge is 0.142 e. The van der Waals surface area contributed by atoms with Crippen LogP contribution < -0.4 is 16.2 Å². The van der Waals surface area contributed by atoms with Crippen molar-refractivity contribution in [3.8, 4) is 0 Å². The maximum absolute atomic E-state index is 5.31. The van der Waals surface area contributed by atoms with Crippen molar-refractivity contribution in [1.29, 1.82) is 0 Å². The standard InChI is InChI=1S/C11H14N4O/c1-15(7-9-5-6-16-8-9)11-4-2-3-10(13-11)14-12/h2-6,8H,7,12H2,1H3,(H,13,14). The van der Waals surface area contributed by atoms with Crippen LogP contribution in [0.3, 0.4) is 0 Å². The average Bonchev–Trinajstić information content (AvgIpc) is 2.82. The molecule has 16 heavy (non-hydrogen) atoms. The zero-order chi connectivity index (χ0) is 11.4. The van der Waals surface area contributed by atoms with Gasteiger partial charge in [0.2, 0.25) is 0 Å². The molecule has 0 radical (unpaired) electrons. The van der Waals surface area contributed by atoms with Crippen molar-refractivity contribution in [3.05, 3.63) is 42.4 Å². The number of anilines is 2. The van der Waals surface area contributed by atoms with E-state index >= 15 is 0 Å². The van der Waals surface area contributed by atoms with E-state index in [4.69, 9.17) is 10.3 Å². The minimum atomic E-state index is 0.650. The van der Waals surface area contributed by atoms with Crippen molar-refractivity contribution in [2.75, 3.05) is 17.4 Å².